The molecule has 2 N–H and O–H groups in total. The Bertz CT molecular complexity index is 869. The summed E-state index contributed by atoms with van der Waals surface area (Å²) in [5.41, 5.74) is 1.86. The van der Waals surface area contributed by atoms with Crippen molar-refractivity contribution in [3.8, 4) is 0 Å². The first-order valence-corrected chi connectivity index (χ1v) is 8.54. The molecule has 3 rings (SSSR count). The predicted octanol–water partition coefficient (Wildman–Crippen LogP) is 3.29. The van der Waals surface area contributed by atoms with Gasteiger partial charge in [-0.05, 0) is 36.4 Å². The molecular formula is C19H18ClN3O3. The van der Waals surface area contributed by atoms with Crippen molar-refractivity contribution in [2.24, 2.45) is 5.92 Å². The number of nitrogens with one attached hydrogen (secondary N) is 2. The second-order valence-corrected chi connectivity index (χ2v) is 6.57. The van der Waals surface area contributed by atoms with Crippen molar-refractivity contribution >= 4 is 46.4 Å². The van der Waals surface area contributed by atoms with Crippen LogP contribution in [0.2, 0.25) is 5.02 Å². The molecule has 0 aliphatic carbocycles. The number of amides is 3. The molecule has 26 heavy (non-hydrogen) atoms. The molecular weight excluding hydrogens is 354 g/mol. The maximum Gasteiger partial charge on any atom is 0.229 e. The van der Waals surface area contributed by atoms with E-state index in [1.807, 2.05) is 0 Å². The van der Waals surface area contributed by atoms with E-state index in [9.17, 15) is 14.4 Å². The zero-order valence-corrected chi connectivity index (χ0v) is 14.9. The smallest absolute Gasteiger partial charge is 0.229 e. The third-order valence-corrected chi connectivity index (χ3v) is 4.30. The molecule has 0 bridgehead atoms. The van der Waals surface area contributed by atoms with Crippen molar-refractivity contribution in [2.75, 3.05) is 22.1 Å². The van der Waals surface area contributed by atoms with E-state index in [-0.39, 0.29) is 30.7 Å². The Hall–Kier alpha value is -2.86. The number of anilines is 3. The van der Waals surface area contributed by atoms with Crippen LogP contribution in [0.25, 0.3) is 0 Å². The van der Waals surface area contributed by atoms with Crippen LogP contribution in [0.5, 0.6) is 0 Å². The summed E-state index contributed by atoms with van der Waals surface area (Å²) in [6.07, 6.45) is 0.136. The topological polar surface area (TPSA) is 78.5 Å². The molecule has 134 valence electrons. The number of hydrogen-bond acceptors (Lipinski definition) is 3. The maximum atomic E-state index is 12.5. The standard InChI is InChI=1S/C19H18ClN3O3/c1-12(24)21-16-6-3-7-17(10-16)23-11-13(8-18(23)25)19(26)22-15-5-2-4-14(20)9-15/h2-7,9-10,13H,8,11H2,1H3,(H,21,24)(H,22,26)/t13-/m1/s1. The van der Waals surface area contributed by atoms with Gasteiger partial charge in [0.05, 0.1) is 5.92 Å². The van der Waals surface area contributed by atoms with E-state index in [2.05, 4.69) is 10.6 Å². The number of benzene rings is 2. The lowest BCUT2D eigenvalue weighted by Crippen LogP contribution is -2.28. The van der Waals surface area contributed by atoms with Crippen LogP contribution in [0, 0.1) is 5.92 Å². The summed E-state index contributed by atoms with van der Waals surface area (Å²) < 4.78 is 0. The maximum absolute atomic E-state index is 12.5. The molecule has 1 aliphatic heterocycles. The Morgan fingerprint density at radius 3 is 2.46 bits per heavy atom. The van der Waals surface area contributed by atoms with Gasteiger partial charge in [-0.1, -0.05) is 23.7 Å². The zero-order valence-electron chi connectivity index (χ0n) is 14.2. The van der Waals surface area contributed by atoms with Gasteiger partial charge >= 0.3 is 0 Å². The largest absolute Gasteiger partial charge is 0.326 e. The predicted molar refractivity (Wildman–Crippen MR) is 101 cm³/mol. The molecule has 7 heteroatoms. The molecule has 1 heterocycles. The fourth-order valence-electron chi connectivity index (χ4n) is 2.90. The first-order chi connectivity index (χ1) is 12.4. The van der Waals surface area contributed by atoms with Crippen LogP contribution >= 0.6 is 11.6 Å². The zero-order chi connectivity index (χ0) is 18.7. The third-order valence-electron chi connectivity index (χ3n) is 4.07. The molecule has 0 unspecified atom stereocenters. The van der Waals surface area contributed by atoms with Crippen LogP contribution in [0.1, 0.15) is 13.3 Å². The van der Waals surface area contributed by atoms with E-state index in [1.165, 1.54) is 6.92 Å². The molecule has 0 saturated carbocycles. The average molecular weight is 372 g/mol. The number of carbonyl (C=O) groups is 3. The van der Waals surface area contributed by atoms with Gasteiger partial charge in [-0.3, -0.25) is 14.4 Å². The molecule has 1 saturated heterocycles. The highest BCUT2D eigenvalue weighted by atomic mass is 35.5. The van der Waals surface area contributed by atoms with Gasteiger partial charge in [-0.15, -0.1) is 0 Å². The van der Waals surface area contributed by atoms with Crippen molar-refractivity contribution in [3.63, 3.8) is 0 Å². The second-order valence-electron chi connectivity index (χ2n) is 6.14. The Kier molecular flexibility index (Phi) is 5.23. The van der Waals surface area contributed by atoms with Gasteiger partial charge in [0.25, 0.3) is 0 Å². The Morgan fingerprint density at radius 2 is 1.77 bits per heavy atom. The molecule has 3 amide bonds. The first kappa shape index (κ1) is 17.9. The summed E-state index contributed by atoms with van der Waals surface area (Å²) >= 11 is 5.92. The highest BCUT2D eigenvalue weighted by Crippen LogP contribution is 2.28. The third kappa shape index (κ3) is 4.21. The molecule has 0 radical (unpaired) electrons. The number of hydrogen-bond donors (Lipinski definition) is 2. The lowest BCUT2D eigenvalue weighted by Gasteiger charge is -2.18. The molecule has 1 aliphatic rings. The Balaban J connectivity index is 1.70. The minimum Gasteiger partial charge on any atom is -0.326 e. The van der Waals surface area contributed by atoms with Gasteiger partial charge in [-0.2, -0.15) is 0 Å². The molecule has 0 aromatic heterocycles. The number of carbonyl (C=O) groups excluding carboxylic acids is 3. The first-order valence-electron chi connectivity index (χ1n) is 8.17. The van der Waals surface area contributed by atoms with Crippen molar-refractivity contribution in [1.82, 2.24) is 0 Å². The normalized spacial score (nSPS) is 16.5. The summed E-state index contributed by atoms with van der Waals surface area (Å²) in [7, 11) is 0. The second kappa shape index (κ2) is 7.58. The van der Waals surface area contributed by atoms with E-state index in [0.717, 1.165) is 0 Å². The average Bonchev–Trinajstić information content (AvgIpc) is 2.96. The van der Waals surface area contributed by atoms with Crippen LogP contribution < -0.4 is 15.5 Å². The van der Waals surface area contributed by atoms with Crippen LogP contribution in [0.15, 0.2) is 48.5 Å². The van der Waals surface area contributed by atoms with Crippen molar-refractivity contribution in [1.29, 1.82) is 0 Å². The summed E-state index contributed by atoms with van der Waals surface area (Å²) in [6.45, 7) is 1.71. The van der Waals surface area contributed by atoms with Gasteiger partial charge in [0.1, 0.15) is 0 Å². The van der Waals surface area contributed by atoms with Crippen LogP contribution in [-0.4, -0.2) is 24.3 Å². The van der Waals surface area contributed by atoms with Crippen molar-refractivity contribution < 1.29 is 14.4 Å². The monoisotopic (exact) mass is 371 g/mol. The van der Waals surface area contributed by atoms with E-state index in [4.69, 9.17) is 11.6 Å². The molecule has 2 aromatic carbocycles. The quantitative estimate of drug-likeness (QED) is 0.865. The molecule has 0 spiro atoms. The SMILES string of the molecule is CC(=O)Nc1cccc(N2C[C@H](C(=O)Nc3cccc(Cl)c3)CC2=O)c1. The summed E-state index contributed by atoms with van der Waals surface area (Å²) in [5, 5.41) is 6.01. The van der Waals surface area contributed by atoms with Crippen LogP contribution in [0.4, 0.5) is 17.1 Å². The Morgan fingerprint density at radius 1 is 1.08 bits per heavy atom. The number of rotatable bonds is 4. The van der Waals surface area contributed by atoms with Gasteiger partial charge in [0.15, 0.2) is 0 Å². The fraction of sp³-hybridized carbons (Fsp3) is 0.211. The molecule has 2 aromatic rings. The van der Waals surface area contributed by atoms with E-state index >= 15 is 0 Å². The van der Waals surface area contributed by atoms with Gasteiger partial charge < -0.3 is 15.5 Å². The van der Waals surface area contributed by atoms with E-state index < -0.39 is 5.92 Å². The van der Waals surface area contributed by atoms with Crippen LogP contribution in [0.3, 0.4) is 0 Å². The number of nitrogens with zero attached hydrogens (tertiary/aromatic N) is 1. The van der Waals surface area contributed by atoms with Crippen LogP contribution in [-0.2, 0) is 14.4 Å². The van der Waals surface area contributed by atoms with Crippen molar-refractivity contribution in [3.05, 3.63) is 53.6 Å². The molecule has 6 nitrogen and oxygen atoms in total. The molecule has 1 atom stereocenters. The minimum atomic E-state index is -0.453. The van der Waals surface area contributed by atoms with Gasteiger partial charge in [-0.25, -0.2) is 0 Å². The lowest BCUT2D eigenvalue weighted by atomic mass is 10.1. The highest BCUT2D eigenvalue weighted by Gasteiger charge is 2.35. The van der Waals surface area contributed by atoms with Gasteiger partial charge in [0.2, 0.25) is 17.7 Å². The van der Waals surface area contributed by atoms with E-state index in [1.54, 1.807) is 53.4 Å². The summed E-state index contributed by atoms with van der Waals surface area (Å²) in [5.74, 6) is -0.989. The summed E-state index contributed by atoms with van der Waals surface area (Å²) in [4.78, 5) is 37.6. The fourth-order valence-corrected chi connectivity index (χ4v) is 3.09. The highest BCUT2D eigenvalue weighted by molar-refractivity contribution is 6.30. The number of halogens is 1. The summed E-state index contributed by atoms with van der Waals surface area (Å²) in [6, 6.07) is 13.9. The van der Waals surface area contributed by atoms with Crippen molar-refractivity contribution in [2.45, 2.75) is 13.3 Å². The van der Waals surface area contributed by atoms with Gasteiger partial charge in [0, 0.05) is 42.0 Å². The Labute approximate surface area is 156 Å². The lowest BCUT2D eigenvalue weighted by molar-refractivity contribution is -0.122. The minimum absolute atomic E-state index is 0.129. The van der Waals surface area contributed by atoms with E-state index in [0.29, 0.717) is 22.1 Å². The molecule has 1 fully saturated rings.